The molecule has 2 rings (SSSR count). The van der Waals surface area contributed by atoms with Gasteiger partial charge in [-0.15, -0.1) is 0 Å². The first-order chi connectivity index (χ1) is 7.63. The Hall–Kier alpha value is -1.26. The standard InChI is InChI=1S/C12H18N2O2/c13-12(9-15)5-2-6-14(8-12)10-3-1-4-11(16)7-10/h1,3-4,7,15-16H,2,5-6,8-9,13H2. The third kappa shape index (κ3) is 2.28. The molecule has 1 atom stereocenters. The van der Waals surface area contributed by atoms with Crippen LogP contribution < -0.4 is 10.6 Å². The summed E-state index contributed by atoms with van der Waals surface area (Å²) in [6.45, 7) is 1.55. The van der Waals surface area contributed by atoms with Gasteiger partial charge in [-0.3, -0.25) is 0 Å². The highest BCUT2D eigenvalue weighted by Gasteiger charge is 2.31. The lowest BCUT2D eigenvalue weighted by atomic mass is 9.91. The minimum atomic E-state index is -0.510. The van der Waals surface area contributed by atoms with Crippen LogP contribution >= 0.6 is 0 Å². The highest BCUT2D eigenvalue weighted by Crippen LogP contribution is 2.26. The zero-order valence-corrected chi connectivity index (χ0v) is 9.26. The predicted octanol–water partition coefficient (Wildman–Crippen LogP) is 0.682. The van der Waals surface area contributed by atoms with Crippen LogP contribution in [0.5, 0.6) is 5.75 Å². The maximum absolute atomic E-state index is 9.42. The number of phenolic OH excluding ortho intramolecular Hbond substituents is 1. The average molecular weight is 222 g/mol. The Morgan fingerprint density at radius 1 is 1.44 bits per heavy atom. The number of piperidine rings is 1. The fourth-order valence-corrected chi connectivity index (χ4v) is 2.20. The van der Waals surface area contributed by atoms with Gasteiger partial charge in [-0.2, -0.15) is 0 Å². The average Bonchev–Trinajstić information content (AvgIpc) is 2.29. The topological polar surface area (TPSA) is 69.7 Å². The third-order valence-electron chi connectivity index (χ3n) is 3.12. The fourth-order valence-electron chi connectivity index (χ4n) is 2.20. The van der Waals surface area contributed by atoms with Gasteiger partial charge < -0.3 is 20.8 Å². The number of aliphatic hydroxyl groups excluding tert-OH is 1. The minimum absolute atomic E-state index is 0.00230. The second kappa shape index (κ2) is 4.31. The molecule has 1 fully saturated rings. The molecule has 0 radical (unpaired) electrons. The van der Waals surface area contributed by atoms with Gasteiger partial charge in [-0.1, -0.05) is 6.07 Å². The van der Waals surface area contributed by atoms with E-state index < -0.39 is 5.54 Å². The number of nitrogens with two attached hydrogens (primary N) is 1. The van der Waals surface area contributed by atoms with Crippen molar-refractivity contribution in [1.82, 2.24) is 0 Å². The highest BCUT2D eigenvalue weighted by atomic mass is 16.3. The van der Waals surface area contributed by atoms with Crippen molar-refractivity contribution in [3.05, 3.63) is 24.3 Å². The number of aromatic hydroxyl groups is 1. The van der Waals surface area contributed by atoms with Gasteiger partial charge in [-0.05, 0) is 25.0 Å². The minimum Gasteiger partial charge on any atom is -0.508 e. The molecule has 1 saturated heterocycles. The Balaban J connectivity index is 2.16. The SMILES string of the molecule is NC1(CO)CCCN(c2cccc(O)c2)C1. The first kappa shape index (κ1) is 11.2. The molecule has 1 aromatic carbocycles. The Morgan fingerprint density at radius 2 is 2.25 bits per heavy atom. The monoisotopic (exact) mass is 222 g/mol. The smallest absolute Gasteiger partial charge is 0.117 e. The molecule has 1 aliphatic heterocycles. The fraction of sp³-hybridized carbons (Fsp3) is 0.500. The number of rotatable bonds is 2. The summed E-state index contributed by atoms with van der Waals surface area (Å²) in [5.41, 5.74) is 6.52. The van der Waals surface area contributed by atoms with Crippen molar-refractivity contribution in [2.45, 2.75) is 18.4 Å². The summed E-state index contributed by atoms with van der Waals surface area (Å²) < 4.78 is 0. The van der Waals surface area contributed by atoms with Crippen molar-refractivity contribution in [2.24, 2.45) is 5.73 Å². The number of phenols is 1. The van der Waals surface area contributed by atoms with Gasteiger partial charge in [0, 0.05) is 24.8 Å². The molecule has 4 heteroatoms. The van der Waals surface area contributed by atoms with E-state index in [2.05, 4.69) is 4.90 Å². The molecule has 0 saturated carbocycles. The second-order valence-corrected chi connectivity index (χ2v) is 4.57. The molecular weight excluding hydrogens is 204 g/mol. The van der Waals surface area contributed by atoms with Crippen LogP contribution in [0.1, 0.15) is 12.8 Å². The summed E-state index contributed by atoms with van der Waals surface area (Å²) in [7, 11) is 0. The Bertz CT molecular complexity index is 370. The molecule has 0 spiro atoms. The quantitative estimate of drug-likeness (QED) is 0.688. The van der Waals surface area contributed by atoms with Crippen molar-refractivity contribution < 1.29 is 10.2 Å². The molecule has 0 aromatic heterocycles. The number of hydrogen-bond donors (Lipinski definition) is 3. The zero-order chi connectivity index (χ0) is 11.6. The van der Waals surface area contributed by atoms with E-state index >= 15 is 0 Å². The molecule has 0 aliphatic carbocycles. The van der Waals surface area contributed by atoms with Crippen LogP contribution in [0.3, 0.4) is 0 Å². The lowest BCUT2D eigenvalue weighted by Crippen LogP contribution is -2.56. The molecule has 0 amide bonds. The third-order valence-corrected chi connectivity index (χ3v) is 3.12. The summed E-state index contributed by atoms with van der Waals surface area (Å²) in [5, 5.41) is 18.7. The molecule has 0 bridgehead atoms. The van der Waals surface area contributed by atoms with Crippen LogP contribution in [0.4, 0.5) is 5.69 Å². The highest BCUT2D eigenvalue weighted by molar-refractivity contribution is 5.51. The van der Waals surface area contributed by atoms with Crippen LogP contribution in [0, 0.1) is 0 Å². The Morgan fingerprint density at radius 3 is 2.94 bits per heavy atom. The van der Waals surface area contributed by atoms with Gasteiger partial charge in [0.1, 0.15) is 5.75 Å². The molecule has 1 unspecified atom stereocenters. The summed E-state index contributed by atoms with van der Waals surface area (Å²) in [5.74, 6) is 0.259. The van der Waals surface area contributed by atoms with Crippen molar-refractivity contribution >= 4 is 5.69 Å². The molecule has 88 valence electrons. The van der Waals surface area contributed by atoms with Crippen LogP contribution in [0.2, 0.25) is 0 Å². The van der Waals surface area contributed by atoms with Crippen molar-refractivity contribution in [2.75, 3.05) is 24.6 Å². The van der Waals surface area contributed by atoms with E-state index in [4.69, 9.17) is 5.73 Å². The van der Waals surface area contributed by atoms with E-state index in [1.54, 1.807) is 12.1 Å². The van der Waals surface area contributed by atoms with Gasteiger partial charge in [-0.25, -0.2) is 0 Å². The van der Waals surface area contributed by atoms with E-state index in [-0.39, 0.29) is 12.4 Å². The molecule has 1 aliphatic rings. The van der Waals surface area contributed by atoms with E-state index in [9.17, 15) is 10.2 Å². The van der Waals surface area contributed by atoms with Gasteiger partial charge in [0.25, 0.3) is 0 Å². The summed E-state index contributed by atoms with van der Waals surface area (Å²) >= 11 is 0. The van der Waals surface area contributed by atoms with Crippen molar-refractivity contribution in [3.8, 4) is 5.75 Å². The summed E-state index contributed by atoms with van der Waals surface area (Å²) in [4.78, 5) is 2.11. The molecule has 4 nitrogen and oxygen atoms in total. The van der Waals surface area contributed by atoms with E-state index in [0.717, 1.165) is 25.1 Å². The molecule has 1 heterocycles. The lowest BCUT2D eigenvalue weighted by molar-refractivity contribution is 0.177. The van der Waals surface area contributed by atoms with Crippen LogP contribution in [-0.2, 0) is 0 Å². The van der Waals surface area contributed by atoms with Crippen LogP contribution in [0.25, 0.3) is 0 Å². The Labute approximate surface area is 95.3 Å². The van der Waals surface area contributed by atoms with Gasteiger partial charge >= 0.3 is 0 Å². The largest absolute Gasteiger partial charge is 0.508 e. The van der Waals surface area contributed by atoms with Gasteiger partial charge in [0.2, 0.25) is 0 Å². The van der Waals surface area contributed by atoms with Crippen LogP contribution in [0.15, 0.2) is 24.3 Å². The molecule has 4 N–H and O–H groups in total. The zero-order valence-electron chi connectivity index (χ0n) is 9.26. The number of anilines is 1. The summed E-state index contributed by atoms with van der Waals surface area (Å²) in [6, 6.07) is 7.14. The van der Waals surface area contributed by atoms with Gasteiger partial charge in [0.05, 0.1) is 12.1 Å². The molecular formula is C12H18N2O2. The van der Waals surface area contributed by atoms with E-state index in [1.165, 1.54) is 0 Å². The second-order valence-electron chi connectivity index (χ2n) is 4.57. The number of benzene rings is 1. The lowest BCUT2D eigenvalue weighted by Gasteiger charge is -2.40. The van der Waals surface area contributed by atoms with Crippen molar-refractivity contribution in [3.63, 3.8) is 0 Å². The van der Waals surface area contributed by atoms with E-state index in [0.29, 0.717) is 6.54 Å². The first-order valence-corrected chi connectivity index (χ1v) is 5.57. The van der Waals surface area contributed by atoms with Crippen molar-refractivity contribution in [1.29, 1.82) is 0 Å². The normalized spacial score (nSPS) is 25.8. The maximum Gasteiger partial charge on any atom is 0.117 e. The molecule has 1 aromatic rings. The number of hydrogen-bond acceptors (Lipinski definition) is 4. The van der Waals surface area contributed by atoms with Crippen LogP contribution in [-0.4, -0.2) is 35.4 Å². The number of aliphatic hydroxyl groups is 1. The number of nitrogens with zero attached hydrogens (tertiary/aromatic N) is 1. The van der Waals surface area contributed by atoms with E-state index in [1.807, 2.05) is 12.1 Å². The Kier molecular flexibility index (Phi) is 3.03. The maximum atomic E-state index is 9.42. The molecule has 16 heavy (non-hydrogen) atoms. The predicted molar refractivity (Wildman–Crippen MR) is 63.6 cm³/mol. The van der Waals surface area contributed by atoms with Gasteiger partial charge in [0.15, 0.2) is 0 Å². The first-order valence-electron chi connectivity index (χ1n) is 5.57. The summed E-state index contributed by atoms with van der Waals surface area (Å²) in [6.07, 6.45) is 1.81.